The van der Waals surface area contributed by atoms with Crippen LogP contribution in [0.25, 0.3) is 0 Å². The SMILES string of the molecule is COc1ccc(C(O)CNC(=O)Cc2ccsc2)cc1OC. The second-order valence-electron chi connectivity index (χ2n) is 4.74. The molecule has 22 heavy (non-hydrogen) atoms. The van der Waals surface area contributed by atoms with Crippen LogP contribution >= 0.6 is 11.3 Å². The average Bonchev–Trinajstić information content (AvgIpc) is 3.04. The van der Waals surface area contributed by atoms with Gasteiger partial charge in [0, 0.05) is 6.54 Å². The highest BCUT2D eigenvalue weighted by molar-refractivity contribution is 7.07. The second-order valence-corrected chi connectivity index (χ2v) is 5.52. The molecule has 0 spiro atoms. The van der Waals surface area contributed by atoms with Crippen LogP contribution in [0.1, 0.15) is 17.2 Å². The first kappa shape index (κ1) is 16.3. The largest absolute Gasteiger partial charge is 0.493 e. The van der Waals surface area contributed by atoms with Crippen molar-refractivity contribution in [2.45, 2.75) is 12.5 Å². The van der Waals surface area contributed by atoms with E-state index in [1.165, 1.54) is 7.11 Å². The van der Waals surface area contributed by atoms with Crippen LogP contribution in [0.3, 0.4) is 0 Å². The molecule has 0 aliphatic carbocycles. The molecular weight excluding hydrogens is 302 g/mol. The van der Waals surface area contributed by atoms with Gasteiger partial charge in [-0.3, -0.25) is 4.79 Å². The minimum Gasteiger partial charge on any atom is -0.493 e. The third-order valence-corrected chi connectivity index (χ3v) is 3.96. The van der Waals surface area contributed by atoms with Gasteiger partial charge < -0.3 is 19.9 Å². The van der Waals surface area contributed by atoms with Gasteiger partial charge in [0.25, 0.3) is 0 Å². The Kier molecular flexibility index (Phi) is 5.80. The van der Waals surface area contributed by atoms with Crippen LogP contribution in [0.5, 0.6) is 11.5 Å². The Labute approximate surface area is 133 Å². The minimum absolute atomic E-state index is 0.113. The van der Waals surface area contributed by atoms with Gasteiger partial charge in [-0.2, -0.15) is 11.3 Å². The van der Waals surface area contributed by atoms with Gasteiger partial charge in [-0.25, -0.2) is 0 Å². The molecule has 0 saturated carbocycles. The Morgan fingerprint density at radius 3 is 2.68 bits per heavy atom. The molecule has 0 radical (unpaired) electrons. The zero-order valence-corrected chi connectivity index (χ0v) is 13.4. The molecule has 1 heterocycles. The average molecular weight is 321 g/mol. The fourth-order valence-electron chi connectivity index (χ4n) is 2.03. The predicted molar refractivity (Wildman–Crippen MR) is 85.5 cm³/mol. The van der Waals surface area contributed by atoms with Crippen molar-refractivity contribution in [1.82, 2.24) is 5.32 Å². The van der Waals surface area contributed by atoms with E-state index in [4.69, 9.17) is 9.47 Å². The van der Waals surface area contributed by atoms with E-state index in [1.54, 1.807) is 36.6 Å². The van der Waals surface area contributed by atoms with Crippen LogP contribution in [0, 0.1) is 0 Å². The first-order valence-electron chi connectivity index (χ1n) is 6.81. The van der Waals surface area contributed by atoms with Crippen molar-refractivity contribution >= 4 is 17.2 Å². The molecule has 118 valence electrons. The van der Waals surface area contributed by atoms with Gasteiger partial charge in [-0.15, -0.1) is 0 Å². The Morgan fingerprint density at radius 1 is 1.27 bits per heavy atom. The van der Waals surface area contributed by atoms with E-state index in [-0.39, 0.29) is 12.5 Å². The van der Waals surface area contributed by atoms with Crippen molar-refractivity contribution in [1.29, 1.82) is 0 Å². The molecule has 0 saturated heterocycles. The molecular formula is C16H19NO4S. The lowest BCUT2D eigenvalue weighted by atomic mass is 10.1. The number of benzene rings is 1. The van der Waals surface area contributed by atoms with Gasteiger partial charge in [0.2, 0.25) is 5.91 Å². The number of hydrogen-bond acceptors (Lipinski definition) is 5. The zero-order valence-electron chi connectivity index (χ0n) is 12.5. The highest BCUT2D eigenvalue weighted by Crippen LogP contribution is 2.29. The number of thiophene rings is 1. The standard InChI is InChI=1S/C16H19NO4S/c1-20-14-4-3-12(8-15(14)21-2)13(18)9-17-16(19)7-11-5-6-22-10-11/h3-6,8,10,13,18H,7,9H2,1-2H3,(H,17,19). The van der Waals surface area contributed by atoms with Crippen LogP contribution in [-0.2, 0) is 11.2 Å². The molecule has 2 aromatic rings. The molecule has 1 aromatic carbocycles. The second kappa shape index (κ2) is 7.82. The van der Waals surface area contributed by atoms with Crippen LogP contribution in [0.4, 0.5) is 0 Å². The topological polar surface area (TPSA) is 67.8 Å². The Morgan fingerprint density at radius 2 is 2.05 bits per heavy atom. The molecule has 0 aliphatic rings. The third kappa shape index (κ3) is 4.22. The lowest BCUT2D eigenvalue weighted by Crippen LogP contribution is -2.29. The molecule has 2 N–H and O–H groups in total. The van der Waals surface area contributed by atoms with Gasteiger partial charge in [-0.05, 0) is 40.1 Å². The summed E-state index contributed by atoms with van der Waals surface area (Å²) in [6.45, 7) is 0.151. The molecule has 5 nitrogen and oxygen atoms in total. The van der Waals surface area contributed by atoms with E-state index < -0.39 is 6.10 Å². The summed E-state index contributed by atoms with van der Waals surface area (Å²) in [5, 5.41) is 16.8. The third-order valence-electron chi connectivity index (χ3n) is 3.23. The summed E-state index contributed by atoms with van der Waals surface area (Å²) in [7, 11) is 3.09. The van der Waals surface area contributed by atoms with Crippen LogP contribution in [0.15, 0.2) is 35.0 Å². The summed E-state index contributed by atoms with van der Waals surface area (Å²) in [5.41, 5.74) is 1.64. The number of nitrogens with one attached hydrogen (secondary N) is 1. The van der Waals surface area contributed by atoms with Crippen molar-refractivity contribution in [3.8, 4) is 11.5 Å². The van der Waals surface area contributed by atoms with E-state index in [2.05, 4.69) is 5.32 Å². The maximum Gasteiger partial charge on any atom is 0.224 e. The van der Waals surface area contributed by atoms with Crippen molar-refractivity contribution < 1.29 is 19.4 Å². The summed E-state index contributed by atoms with van der Waals surface area (Å²) in [6.07, 6.45) is -0.478. The number of hydrogen-bond donors (Lipinski definition) is 2. The molecule has 0 fully saturated rings. The molecule has 0 bridgehead atoms. The number of amides is 1. The van der Waals surface area contributed by atoms with E-state index in [0.717, 1.165) is 5.56 Å². The fraction of sp³-hybridized carbons (Fsp3) is 0.312. The van der Waals surface area contributed by atoms with E-state index in [0.29, 0.717) is 23.5 Å². The number of aliphatic hydroxyl groups is 1. The monoisotopic (exact) mass is 321 g/mol. The number of methoxy groups -OCH3 is 2. The summed E-state index contributed by atoms with van der Waals surface area (Å²) >= 11 is 1.56. The first-order chi connectivity index (χ1) is 10.6. The smallest absolute Gasteiger partial charge is 0.224 e. The maximum absolute atomic E-state index is 11.8. The molecule has 0 aliphatic heterocycles. The van der Waals surface area contributed by atoms with Crippen LogP contribution in [0.2, 0.25) is 0 Å². The highest BCUT2D eigenvalue weighted by Gasteiger charge is 2.13. The van der Waals surface area contributed by atoms with Crippen molar-refractivity contribution in [2.75, 3.05) is 20.8 Å². The molecule has 2 rings (SSSR count). The number of ether oxygens (including phenoxy) is 2. The van der Waals surface area contributed by atoms with Crippen LogP contribution < -0.4 is 14.8 Å². The zero-order chi connectivity index (χ0) is 15.9. The lowest BCUT2D eigenvalue weighted by Gasteiger charge is -2.15. The minimum atomic E-state index is -0.800. The summed E-state index contributed by atoms with van der Waals surface area (Å²) < 4.78 is 10.4. The van der Waals surface area contributed by atoms with Crippen molar-refractivity contribution in [3.63, 3.8) is 0 Å². The number of carbonyl (C=O) groups excluding carboxylic acids is 1. The van der Waals surface area contributed by atoms with Gasteiger partial charge in [0.05, 0.1) is 26.7 Å². The van der Waals surface area contributed by atoms with Crippen LogP contribution in [-0.4, -0.2) is 31.8 Å². The van der Waals surface area contributed by atoms with E-state index in [1.807, 2.05) is 16.8 Å². The number of aliphatic hydroxyl groups excluding tert-OH is 1. The highest BCUT2D eigenvalue weighted by atomic mass is 32.1. The fourth-order valence-corrected chi connectivity index (χ4v) is 2.70. The van der Waals surface area contributed by atoms with E-state index in [9.17, 15) is 9.90 Å². The predicted octanol–water partition coefficient (Wildman–Crippen LogP) is 2.16. The summed E-state index contributed by atoms with van der Waals surface area (Å²) in [6, 6.07) is 7.09. The van der Waals surface area contributed by atoms with Gasteiger partial charge in [-0.1, -0.05) is 6.07 Å². The molecule has 1 atom stereocenters. The normalized spacial score (nSPS) is 11.8. The Bertz CT molecular complexity index is 613. The molecule has 1 amide bonds. The summed E-state index contributed by atoms with van der Waals surface area (Å²) in [4.78, 5) is 11.8. The van der Waals surface area contributed by atoms with Crippen molar-refractivity contribution in [3.05, 3.63) is 46.2 Å². The maximum atomic E-state index is 11.8. The quantitative estimate of drug-likeness (QED) is 0.820. The Hall–Kier alpha value is -2.05. The number of carbonyl (C=O) groups is 1. The first-order valence-corrected chi connectivity index (χ1v) is 7.76. The number of rotatable bonds is 7. The van der Waals surface area contributed by atoms with Gasteiger partial charge in [0.15, 0.2) is 11.5 Å². The lowest BCUT2D eigenvalue weighted by molar-refractivity contribution is -0.120. The molecule has 6 heteroatoms. The molecule has 1 unspecified atom stereocenters. The van der Waals surface area contributed by atoms with E-state index >= 15 is 0 Å². The van der Waals surface area contributed by atoms with Gasteiger partial charge in [0.1, 0.15) is 0 Å². The molecule has 1 aromatic heterocycles. The van der Waals surface area contributed by atoms with Gasteiger partial charge >= 0.3 is 0 Å². The van der Waals surface area contributed by atoms with Crippen molar-refractivity contribution in [2.24, 2.45) is 0 Å². The summed E-state index contributed by atoms with van der Waals surface area (Å²) in [5.74, 6) is 1.03. The Balaban J connectivity index is 1.91.